The molecule has 176 valence electrons. The molecule has 33 heavy (non-hydrogen) atoms. The fourth-order valence-corrected chi connectivity index (χ4v) is 5.05. The van der Waals surface area contributed by atoms with Gasteiger partial charge in [0.25, 0.3) is 0 Å². The summed E-state index contributed by atoms with van der Waals surface area (Å²) in [6, 6.07) is 5.11. The molecule has 0 amide bonds. The minimum atomic E-state index is -4.55. The van der Waals surface area contributed by atoms with Crippen molar-refractivity contribution in [2.24, 2.45) is 5.92 Å². The predicted molar refractivity (Wildman–Crippen MR) is 113 cm³/mol. The lowest BCUT2D eigenvalue weighted by atomic mass is 9.83. The van der Waals surface area contributed by atoms with Crippen molar-refractivity contribution in [1.82, 2.24) is 19.5 Å². The molecule has 0 spiro atoms. The monoisotopic (exact) mass is 464 g/mol. The molecule has 0 bridgehead atoms. The Balaban J connectivity index is 1.34. The summed E-state index contributed by atoms with van der Waals surface area (Å²) in [6.45, 7) is 1.20. The van der Waals surface area contributed by atoms with Crippen molar-refractivity contribution in [3.8, 4) is 0 Å². The van der Waals surface area contributed by atoms with E-state index in [1.807, 2.05) is 4.90 Å². The van der Waals surface area contributed by atoms with Gasteiger partial charge in [0.05, 0.1) is 0 Å². The Labute approximate surface area is 188 Å². The van der Waals surface area contributed by atoms with E-state index >= 15 is 0 Å². The first-order valence-corrected chi connectivity index (χ1v) is 11.4. The van der Waals surface area contributed by atoms with E-state index in [1.54, 1.807) is 6.20 Å². The summed E-state index contributed by atoms with van der Waals surface area (Å²) in [5.74, 6) is -0.208. The van der Waals surface area contributed by atoms with Gasteiger partial charge in [-0.15, -0.1) is 10.2 Å². The standard InChI is InChI=1S/C24H25F5N4/c25-18-4-5-19(20(26)13-18)16-6-9-32(10-7-16)14-17-8-11-33-21(12-15-2-1-3-15)30-31-23(33)22(17)24(27,28)29/h4-5,8,11,13,15-16H,1-3,6-7,9-10,12,14H2. The van der Waals surface area contributed by atoms with E-state index in [4.69, 9.17) is 0 Å². The van der Waals surface area contributed by atoms with Crippen LogP contribution in [-0.2, 0) is 19.1 Å². The van der Waals surface area contributed by atoms with Gasteiger partial charge in [0.2, 0.25) is 0 Å². The lowest BCUT2D eigenvalue weighted by Gasteiger charge is -2.33. The van der Waals surface area contributed by atoms with Gasteiger partial charge in [0.15, 0.2) is 5.65 Å². The third-order valence-corrected chi connectivity index (χ3v) is 7.10. The molecule has 1 saturated heterocycles. The zero-order chi connectivity index (χ0) is 23.2. The van der Waals surface area contributed by atoms with Crippen LogP contribution in [0.2, 0.25) is 0 Å². The first kappa shape index (κ1) is 22.3. The molecule has 0 radical (unpaired) electrons. The zero-order valence-electron chi connectivity index (χ0n) is 18.1. The van der Waals surface area contributed by atoms with E-state index in [9.17, 15) is 22.0 Å². The van der Waals surface area contributed by atoms with Gasteiger partial charge in [-0.2, -0.15) is 13.2 Å². The number of likely N-dealkylation sites (tertiary alicyclic amines) is 1. The van der Waals surface area contributed by atoms with Gasteiger partial charge in [-0.25, -0.2) is 8.78 Å². The Kier molecular flexibility index (Phi) is 5.84. The molecule has 1 aromatic carbocycles. The topological polar surface area (TPSA) is 33.4 Å². The van der Waals surface area contributed by atoms with Crippen LogP contribution >= 0.6 is 0 Å². The average molecular weight is 464 g/mol. The fourth-order valence-electron chi connectivity index (χ4n) is 5.05. The summed E-state index contributed by atoms with van der Waals surface area (Å²) in [5, 5.41) is 8.00. The van der Waals surface area contributed by atoms with E-state index in [1.165, 1.54) is 22.6 Å². The van der Waals surface area contributed by atoms with Gasteiger partial charge in [0.1, 0.15) is 23.0 Å². The highest BCUT2D eigenvalue weighted by Crippen LogP contribution is 2.37. The summed E-state index contributed by atoms with van der Waals surface area (Å²) in [7, 11) is 0. The molecule has 1 aliphatic heterocycles. The number of hydrogen-bond acceptors (Lipinski definition) is 3. The molecule has 0 unspecified atom stereocenters. The number of aromatic nitrogens is 3. The van der Waals surface area contributed by atoms with Crippen LogP contribution in [0.1, 0.15) is 60.5 Å². The third-order valence-electron chi connectivity index (χ3n) is 7.10. The van der Waals surface area contributed by atoms with Gasteiger partial charge in [0, 0.05) is 25.2 Å². The lowest BCUT2D eigenvalue weighted by molar-refractivity contribution is -0.137. The van der Waals surface area contributed by atoms with Crippen molar-refractivity contribution in [2.75, 3.05) is 13.1 Å². The molecule has 5 rings (SSSR count). The van der Waals surface area contributed by atoms with Crippen LogP contribution in [0.15, 0.2) is 30.5 Å². The van der Waals surface area contributed by atoms with Crippen molar-refractivity contribution in [3.63, 3.8) is 0 Å². The smallest absolute Gasteiger partial charge is 0.299 e. The van der Waals surface area contributed by atoms with Crippen molar-refractivity contribution >= 4 is 5.65 Å². The number of hydrogen-bond donors (Lipinski definition) is 0. The minimum Gasteiger partial charge on any atom is -0.299 e. The number of alkyl halides is 3. The molecule has 2 fully saturated rings. The Hall–Kier alpha value is -2.55. The van der Waals surface area contributed by atoms with Crippen LogP contribution in [0.25, 0.3) is 5.65 Å². The Morgan fingerprint density at radius 1 is 0.970 bits per heavy atom. The van der Waals surface area contributed by atoms with Crippen molar-refractivity contribution in [3.05, 3.63) is 64.6 Å². The second-order valence-electron chi connectivity index (χ2n) is 9.24. The summed E-state index contributed by atoms with van der Waals surface area (Å²) in [4.78, 5) is 1.95. The number of pyridine rings is 1. The number of nitrogens with zero attached hydrogens (tertiary/aromatic N) is 4. The summed E-state index contributed by atoms with van der Waals surface area (Å²) in [6.07, 6.45) is 2.26. The van der Waals surface area contributed by atoms with Gasteiger partial charge >= 0.3 is 6.18 Å². The summed E-state index contributed by atoms with van der Waals surface area (Å²) in [5.41, 5.74) is -0.235. The van der Waals surface area contributed by atoms with Crippen molar-refractivity contribution < 1.29 is 22.0 Å². The van der Waals surface area contributed by atoms with Crippen molar-refractivity contribution in [1.29, 1.82) is 0 Å². The minimum absolute atomic E-state index is 0.0722. The van der Waals surface area contributed by atoms with E-state index in [2.05, 4.69) is 10.2 Å². The molecule has 3 heterocycles. The molecule has 9 heteroatoms. The molecule has 0 N–H and O–H groups in total. The zero-order valence-corrected chi connectivity index (χ0v) is 18.1. The highest BCUT2D eigenvalue weighted by atomic mass is 19.4. The van der Waals surface area contributed by atoms with Crippen LogP contribution in [0.5, 0.6) is 0 Å². The SMILES string of the molecule is Fc1ccc(C2CCN(Cc3ccn4c(CC5CCC5)nnc4c3C(F)(F)F)CC2)c(F)c1. The highest BCUT2D eigenvalue weighted by molar-refractivity contribution is 5.53. The number of benzene rings is 1. The maximum Gasteiger partial charge on any atom is 0.420 e. The first-order valence-electron chi connectivity index (χ1n) is 11.4. The van der Waals surface area contributed by atoms with Crippen LogP contribution in [0, 0.1) is 17.6 Å². The highest BCUT2D eigenvalue weighted by Gasteiger charge is 2.38. The number of piperidine rings is 1. The third kappa shape index (κ3) is 4.47. The van der Waals surface area contributed by atoms with E-state index < -0.39 is 23.4 Å². The summed E-state index contributed by atoms with van der Waals surface area (Å²) >= 11 is 0. The molecule has 4 nitrogen and oxygen atoms in total. The second-order valence-corrected chi connectivity index (χ2v) is 9.24. The molecular weight excluding hydrogens is 439 g/mol. The maximum atomic E-state index is 14.1. The molecule has 1 aliphatic carbocycles. The van der Waals surface area contributed by atoms with E-state index in [0.717, 1.165) is 25.3 Å². The Morgan fingerprint density at radius 2 is 1.73 bits per heavy atom. The van der Waals surface area contributed by atoms with E-state index in [0.29, 0.717) is 49.7 Å². The van der Waals surface area contributed by atoms with Gasteiger partial charge < -0.3 is 0 Å². The molecule has 0 atom stereocenters. The lowest BCUT2D eigenvalue weighted by Crippen LogP contribution is -2.33. The quantitative estimate of drug-likeness (QED) is 0.451. The van der Waals surface area contributed by atoms with Crippen LogP contribution in [-0.4, -0.2) is 32.6 Å². The Morgan fingerprint density at radius 3 is 2.36 bits per heavy atom. The maximum absolute atomic E-state index is 14.1. The first-order chi connectivity index (χ1) is 15.8. The second kappa shape index (κ2) is 8.66. The van der Waals surface area contributed by atoms with Crippen LogP contribution in [0.4, 0.5) is 22.0 Å². The average Bonchev–Trinajstić information content (AvgIpc) is 3.13. The number of halogens is 5. The van der Waals surface area contributed by atoms with E-state index in [-0.39, 0.29) is 23.7 Å². The van der Waals surface area contributed by atoms with Gasteiger partial charge in [-0.1, -0.05) is 25.3 Å². The fraction of sp³-hybridized carbons (Fsp3) is 0.500. The van der Waals surface area contributed by atoms with Crippen LogP contribution in [0.3, 0.4) is 0 Å². The van der Waals surface area contributed by atoms with Crippen LogP contribution < -0.4 is 0 Å². The Bertz CT molecular complexity index is 1140. The molecule has 2 aromatic heterocycles. The van der Waals surface area contributed by atoms with Gasteiger partial charge in [-0.05, 0) is 61.0 Å². The molecule has 2 aliphatic rings. The van der Waals surface area contributed by atoms with Crippen molar-refractivity contribution in [2.45, 2.75) is 57.2 Å². The summed E-state index contributed by atoms with van der Waals surface area (Å²) < 4.78 is 71.0. The largest absolute Gasteiger partial charge is 0.420 e. The molecular formula is C24H25F5N4. The number of fused-ring (bicyclic) bond motifs is 1. The molecule has 1 saturated carbocycles. The number of rotatable bonds is 5. The molecule has 3 aromatic rings. The predicted octanol–water partition coefficient (Wildman–Crippen LogP) is 5.75. The van der Waals surface area contributed by atoms with Gasteiger partial charge in [-0.3, -0.25) is 9.30 Å². The normalized spacial score (nSPS) is 18.7.